The molecule has 0 saturated heterocycles. The van der Waals surface area contributed by atoms with Crippen LogP contribution in [0.3, 0.4) is 0 Å². The van der Waals surface area contributed by atoms with Gasteiger partial charge in [-0.2, -0.15) is 0 Å². The van der Waals surface area contributed by atoms with Gasteiger partial charge < -0.3 is 9.30 Å². The lowest BCUT2D eigenvalue weighted by Crippen LogP contribution is -2.23. The van der Waals surface area contributed by atoms with E-state index in [9.17, 15) is 9.59 Å². The Labute approximate surface area is 168 Å². The molecule has 3 rings (SSSR count). The van der Waals surface area contributed by atoms with Crippen LogP contribution in [0.5, 0.6) is 0 Å². The summed E-state index contributed by atoms with van der Waals surface area (Å²) in [5, 5.41) is 0. The Morgan fingerprint density at radius 1 is 1.11 bits per heavy atom. The number of carbonyl (C=O) groups is 1. The van der Waals surface area contributed by atoms with Crippen LogP contribution in [0.1, 0.15) is 34.1 Å². The second kappa shape index (κ2) is 8.61. The Morgan fingerprint density at radius 3 is 2.61 bits per heavy atom. The van der Waals surface area contributed by atoms with E-state index < -0.39 is 0 Å². The minimum Gasteiger partial charge on any atom is -0.461 e. The molecule has 1 aromatic heterocycles. The van der Waals surface area contributed by atoms with E-state index in [4.69, 9.17) is 4.74 Å². The van der Waals surface area contributed by atoms with Gasteiger partial charge in [-0.15, -0.1) is 11.8 Å². The van der Waals surface area contributed by atoms with Crippen molar-refractivity contribution in [2.45, 2.75) is 39.1 Å². The molecule has 0 aliphatic rings. The number of thioether (sulfide) groups is 1. The van der Waals surface area contributed by atoms with Crippen LogP contribution in [-0.4, -0.2) is 27.9 Å². The van der Waals surface area contributed by atoms with Crippen LogP contribution in [0, 0.1) is 20.8 Å². The van der Waals surface area contributed by atoms with Gasteiger partial charge in [-0.25, -0.2) is 9.78 Å². The number of hydrogen-bond acceptors (Lipinski definition) is 5. The Morgan fingerprint density at radius 2 is 1.89 bits per heavy atom. The lowest BCUT2D eigenvalue weighted by Gasteiger charge is -2.10. The number of esters is 1. The Balaban J connectivity index is 1.65. The monoisotopic (exact) mass is 396 g/mol. The summed E-state index contributed by atoms with van der Waals surface area (Å²) < 4.78 is 7.07. The zero-order valence-electron chi connectivity index (χ0n) is 16.6. The van der Waals surface area contributed by atoms with Crippen molar-refractivity contribution >= 4 is 28.8 Å². The predicted octanol–water partition coefficient (Wildman–Crippen LogP) is 4.29. The molecule has 28 heavy (non-hydrogen) atoms. The van der Waals surface area contributed by atoms with E-state index in [2.05, 4.69) is 37.0 Å². The SMILES string of the molecule is CCn1c(=O)c(C)nc2cc(C(=O)OCCSc3ccc(C)c(C)c3)ccc21. The zero-order valence-corrected chi connectivity index (χ0v) is 17.4. The molecule has 0 spiro atoms. The Bertz CT molecular complexity index is 1090. The van der Waals surface area contributed by atoms with Gasteiger partial charge in [0, 0.05) is 17.2 Å². The van der Waals surface area contributed by atoms with Crippen molar-refractivity contribution in [1.29, 1.82) is 0 Å². The van der Waals surface area contributed by atoms with Crippen molar-refractivity contribution in [2.24, 2.45) is 0 Å². The van der Waals surface area contributed by atoms with Gasteiger partial charge in [0.05, 0.1) is 16.6 Å². The Kier molecular flexibility index (Phi) is 6.19. The minimum absolute atomic E-state index is 0.103. The molecule has 0 bridgehead atoms. The van der Waals surface area contributed by atoms with Crippen molar-refractivity contribution in [2.75, 3.05) is 12.4 Å². The van der Waals surface area contributed by atoms with E-state index >= 15 is 0 Å². The van der Waals surface area contributed by atoms with E-state index in [1.54, 1.807) is 41.5 Å². The first-order valence-electron chi connectivity index (χ1n) is 9.29. The summed E-state index contributed by atoms with van der Waals surface area (Å²) in [6.07, 6.45) is 0. The van der Waals surface area contributed by atoms with E-state index in [0.29, 0.717) is 35.7 Å². The van der Waals surface area contributed by atoms with Gasteiger partial charge in [0.25, 0.3) is 5.56 Å². The van der Waals surface area contributed by atoms with Gasteiger partial charge in [-0.1, -0.05) is 6.07 Å². The predicted molar refractivity (Wildman–Crippen MR) is 113 cm³/mol. The summed E-state index contributed by atoms with van der Waals surface area (Å²) in [4.78, 5) is 30.0. The molecule has 2 aromatic carbocycles. The number of hydrogen-bond donors (Lipinski definition) is 0. The topological polar surface area (TPSA) is 61.2 Å². The smallest absolute Gasteiger partial charge is 0.338 e. The second-order valence-corrected chi connectivity index (χ2v) is 7.85. The fourth-order valence-corrected chi connectivity index (χ4v) is 3.82. The summed E-state index contributed by atoms with van der Waals surface area (Å²) in [5.41, 5.74) is 4.63. The van der Waals surface area contributed by atoms with Crippen LogP contribution in [0.4, 0.5) is 0 Å². The van der Waals surface area contributed by atoms with Gasteiger partial charge in [0.2, 0.25) is 0 Å². The van der Waals surface area contributed by atoms with Gasteiger partial charge in [0.15, 0.2) is 0 Å². The highest BCUT2D eigenvalue weighted by molar-refractivity contribution is 7.99. The van der Waals surface area contributed by atoms with Crippen molar-refractivity contribution in [1.82, 2.24) is 9.55 Å². The van der Waals surface area contributed by atoms with E-state index in [1.165, 1.54) is 16.0 Å². The molecular formula is C22H24N2O3S. The van der Waals surface area contributed by atoms with Crippen LogP contribution in [-0.2, 0) is 11.3 Å². The standard InChI is InChI=1S/C22H24N2O3S/c1-5-24-20-9-7-17(13-19(20)23-16(4)21(24)25)22(26)27-10-11-28-18-8-6-14(2)15(3)12-18/h6-9,12-13H,5,10-11H2,1-4H3. The van der Waals surface area contributed by atoms with E-state index in [-0.39, 0.29) is 11.5 Å². The van der Waals surface area contributed by atoms with Crippen molar-refractivity contribution in [3.8, 4) is 0 Å². The molecule has 1 heterocycles. The van der Waals surface area contributed by atoms with Crippen LogP contribution >= 0.6 is 11.8 Å². The zero-order chi connectivity index (χ0) is 20.3. The van der Waals surface area contributed by atoms with E-state index in [1.807, 2.05) is 6.92 Å². The van der Waals surface area contributed by atoms with Crippen LogP contribution in [0.15, 0.2) is 46.1 Å². The largest absolute Gasteiger partial charge is 0.461 e. The summed E-state index contributed by atoms with van der Waals surface area (Å²) in [6.45, 7) is 8.66. The van der Waals surface area contributed by atoms with Gasteiger partial charge in [-0.3, -0.25) is 4.79 Å². The molecule has 0 N–H and O–H groups in total. The molecule has 5 nitrogen and oxygen atoms in total. The maximum atomic E-state index is 12.4. The first-order chi connectivity index (χ1) is 13.4. The first kappa shape index (κ1) is 20.1. The molecule has 0 aliphatic heterocycles. The summed E-state index contributed by atoms with van der Waals surface area (Å²) in [6, 6.07) is 11.5. The van der Waals surface area contributed by atoms with Crippen molar-refractivity contribution < 1.29 is 9.53 Å². The molecule has 3 aromatic rings. The number of ether oxygens (including phenoxy) is 1. The quantitative estimate of drug-likeness (QED) is 0.353. The fourth-order valence-electron chi connectivity index (χ4n) is 3.00. The normalized spacial score (nSPS) is 11.0. The molecule has 0 saturated carbocycles. The van der Waals surface area contributed by atoms with E-state index in [0.717, 1.165) is 5.52 Å². The fraction of sp³-hybridized carbons (Fsp3) is 0.318. The lowest BCUT2D eigenvalue weighted by atomic mass is 10.1. The number of aromatic nitrogens is 2. The van der Waals surface area contributed by atoms with Crippen LogP contribution in [0.2, 0.25) is 0 Å². The van der Waals surface area contributed by atoms with Gasteiger partial charge in [-0.05, 0) is 69.2 Å². The second-order valence-electron chi connectivity index (χ2n) is 6.68. The summed E-state index contributed by atoms with van der Waals surface area (Å²) in [7, 11) is 0. The molecule has 0 radical (unpaired) electrons. The molecule has 0 unspecified atom stereocenters. The first-order valence-corrected chi connectivity index (χ1v) is 10.3. The third-order valence-electron chi connectivity index (χ3n) is 4.72. The van der Waals surface area contributed by atoms with Crippen molar-refractivity contribution in [3.05, 3.63) is 69.1 Å². The molecule has 0 atom stereocenters. The van der Waals surface area contributed by atoms with Crippen LogP contribution < -0.4 is 5.56 Å². The maximum Gasteiger partial charge on any atom is 0.338 e. The number of rotatable bonds is 6. The average molecular weight is 397 g/mol. The number of aryl methyl sites for hydroxylation is 4. The Hall–Kier alpha value is -2.60. The molecule has 0 amide bonds. The molecule has 0 fully saturated rings. The molecule has 0 aliphatic carbocycles. The lowest BCUT2D eigenvalue weighted by molar-refractivity contribution is 0.0530. The highest BCUT2D eigenvalue weighted by Gasteiger charge is 2.12. The van der Waals surface area contributed by atoms with Crippen LogP contribution in [0.25, 0.3) is 11.0 Å². The third-order valence-corrected chi connectivity index (χ3v) is 5.68. The maximum absolute atomic E-state index is 12.4. The number of benzene rings is 2. The molecule has 6 heteroatoms. The number of nitrogens with zero attached hydrogens (tertiary/aromatic N) is 2. The van der Waals surface area contributed by atoms with Crippen molar-refractivity contribution in [3.63, 3.8) is 0 Å². The highest BCUT2D eigenvalue weighted by Crippen LogP contribution is 2.21. The average Bonchev–Trinajstić information content (AvgIpc) is 2.68. The minimum atomic E-state index is -0.378. The number of carbonyl (C=O) groups excluding carboxylic acids is 1. The van der Waals surface area contributed by atoms with Gasteiger partial charge in [0.1, 0.15) is 12.3 Å². The summed E-state index contributed by atoms with van der Waals surface area (Å²) >= 11 is 1.66. The third kappa shape index (κ3) is 4.28. The van der Waals surface area contributed by atoms with Gasteiger partial charge >= 0.3 is 5.97 Å². The number of fused-ring (bicyclic) bond motifs is 1. The molecular weight excluding hydrogens is 372 g/mol. The highest BCUT2D eigenvalue weighted by atomic mass is 32.2. The summed E-state index contributed by atoms with van der Waals surface area (Å²) in [5.74, 6) is 0.311. The molecule has 146 valence electrons.